The van der Waals surface area contributed by atoms with Crippen molar-refractivity contribution >= 4 is 5.69 Å². The number of alkyl halides is 3. The van der Waals surface area contributed by atoms with Crippen LogP contribution in [0.5, 0.6) is 0 Å². The minimum Gasteiger partial charge on any atom is -0.362 e. The molecule has 16 heavy (non-hydrogen) atoms. The van der Waals surface area contributed by atoms with Crippen molar-refractivity contribution in [3.63, 3.8) is 0 Å². The predicted molar refractivity (Wildman–Crippen MR) is 53.1 cm³/mol. The summed E-state index contributed by atoms with van der Waals surface area (Å²) in [5.41, 5.74) is 1.91. The van der Waals surface area contributed by atoms with Crippen molar-refractivity contribution in [3.05, 3.63) is 29.3 Å². The largest absolute Gasteiger partial charge is 0.405 e. The first-order valence-corrected chi connectivity index (χ1v) is 4.84. The summed E-state index contributed by atoms with van der Waals surface area (Å²) < 4.78 is 36.8. The Hall–Kier alpha value is -1.70. The lowest BCUT2D eigenvalue weighted by Gasteiger charge is -2.20. The molecule has 0 aromatic heterocycles. The van der Waals surface area contributed by atoms with Crippen molar-refractivity contribution in [2.45, 2.75) is 12.6 Å². The number of rotatable bonds is 1. The molecule has 1 aliphatic heterocycles. The first-order chi connectivity index (χ1) is 7.49. The number of halogens is 3. The zero-order valence-corrected chi connectivity index (χ0v) is 8.38. The molecule has 0 fully saturated rings. The van der Waals surface area contributed by atoms with Gasteiger partial charge in [0.05, 0.1) is 11.6 Å². The van der Waals surface area contributed by atoms with Crippen molar-refractivity contribution in [1.82, 2.24) is 0 Å². The van der Waals surface area contributed by atoms with Crippen molar-refractivity contribution in [2.75, 3.05) is 18.0 Å². The van der Waals surface area contributed by atoms with E-state index < -0.39 is 12.7 Å². The number of benzene rings is 1. The monoisotopic (exact) mass is 226 g/mol. The zero-order chi connectivity index (χ0) is 11.8. The molecular formula is C11H9F3N2. The lowest BCUT2D eigenvalue weighted by molar-refractivity contribution is -0.119. The predicted octanol–water partition coefficient (Wildman–Crippen LogP) is 2.48. The summed E-state index contributed by atoms with van der Waals surface area (Å²) in [6.07, 6.45) is -3.61. The Morgan fingerprint density at radius 2 is 2.12 bits per heavy atom. The van der Waals surface area contributed by atoms with Gasteiger partial charge in [0.2, 0.25) is 0 Å². The van der Waals surface area contributed by atoms with E-state index in [1.807, 2.05) is 6.07 Å². The average Bonchev–Trinajstić information content (AvgIpc) is 2.58. The van der Waals surface area contributed by atoms with Crippen LogP contribution in [0.4, 0.5) is 18.9 Å². The molecule has 0 unspecified atom stereocenters. The summed E-state index contributed by atoms with van der Waals surface area (Å²) in [6.45, 7) is -0.560. The van der Waals surface area contributed by atoms with Crippen LogP contribution in [0.25, 0.3) is 0 Å². The summed E-state index contributed by atoms with van der Waals surface area (Å²) in [7, 11) is 0. The zero-order valence-electron chi connectivity index (χ0n) is 8.38. The molecule has 0 saturated heterocycles. The van der Waals surface area contributed by atoms with E-state index in [0.717, 1.165) is 5.56 Å². The summed E-state index contributed by atoms with van der Waals surface area (Å²) in [5, 5.41) is 8.68. The lowest BCUT2D eigenvalue weighted by atomic mass is 10.1. The number of fused-ring (bicyclic) bond motifs is 1. The molecule has 0 radical (unpaired) electrons. The maximum Gasteiger partial charge on any atom is 0.405 e. The fraction of sp³-hybridized carbons (Fsp3) is 0.364. The van der Waals surface area contributed by atoms with Gasteiger partial charge in [-0.1, -0.05) is 0 Å². The third-order valence-electron chi connectivity index (χ3n) is 2.57. The van der Waals surface area contributed by atoms with Gasteiger partial charge in [0.1, 0.15) is 6.54 Å². The molecule has 1 aromatic rings. The number of nitriles is 1. The Morgan fingerprint density at radius 1 is 1.38 bits per heavy atom. The number of anilines is 1. The third kappa shape index (κ3) is 2.11. The maximum atomic E-state index is 12.3. The molecule has 1 aliphatic rings. The molecule has 1 aromatic carbocycles. The van der Waals surface area contributed by atoms with E-state index >= 15 is 0 Å². The molecule has 0 aliphatic carbocycles. The second kappa shape index (κ2) is 3.71. The van der Waals surface area contributed by atoms with Crippen molar-refractivity contribution in [1.29, 1.82) is 5.26 Å². The molecule has 2 rings (SSSR count). The highest BCUT2D eigenvalue weighted by atomic mass is 19.4. The quantitative estimate of drug-likeness (QED) is 0.735. The second-order valence-electron chi connectivity index (χ2n) is 3.74. The topological polar surface area (TPSA) is 27.0 Å². The van der Waals surface area contributed by atoms with E-state index in [1.54, 1.807) is 18.2 Å². The molecule has 0 N–H and O–H groups in total. The first-order valence-electron chi connectivity index (χ1n) is 4.84. The van der Waals surface area contributed by atoms with E-state index in [9.17, 15) is 13.2 Å². The van der Waals surface area contributed by atoms with Gasteiger partial charge >= 0.3 is 6.18 Å². The Morgan fingerprint density at radius 3 is 2.75 bits per heavy atom. The number of hydrogen-bond acceptors (Lipinski definition) is 2. The Labute approximate surface area is 90.9 Å². The molecule has 5 heteroatoms. The van der Waals surface area contributed by atoms with Crippen LogP contribution in [-0.4, -0.2) is 19.3 Å². The van der Waals surface area contributed by atoms with Gasteiger partial charge in [-0.15, -0.1) is 0 Å². The molecule has 0 atom stereocenters. The van der Waals surface area contributed by atoms with Gasteiger partial charge in [-0.25, -0.2) is 0 Å². The highest BCUT2D eigenvalue weighted by molar-refractivity contribution is 5.60. The fourth-order valence-corrected chi connectivity index (χ4v) is 1.92. The summed E-state index contributed by atoms with van der Waals surface area (Å²) in [5.74, 6) is 0. The van der Waals surface area contributed by atoms with Crippen LogP contribution >= 0.6 is 0 Å². The molecule has 0 saturated carbocycles. The van der Waals surface area contributed by atoms with Crippen molar-refractivity contribution in [3.8, 4) is 6.07 Å². The second-order valence-corrected chi connectivity index (χ2v) is 3.74. The fourth-order valence-electron chi connectivity index (χ4n) is 1.92. The van der Waals surface area contributed by atoms with Gasteiger partial charge in [0.15, 0.2) is 0 Å². The minimum atomic E-state index is -4.19. The first kappa shape index (κ1) is 10.8. The third-order valence-corrected chi connectivity index (χ3v) is 2.57. The van der Waals surface area contributed by atoms with E-state index in [-0.39, 0.29) is 0 Å². The van der Waals surface area contributed by atoms with Crippen LogP contribution in [0.3, 0.4) is 0 Å². The molecule has 1 heterocycles. The summed E-state index contributed by atoms with van der Waals surface area (Å²) in [6, 6.07) is 6.78. The molecule has 2 nitrogen and oxygen atoms in total. The molecule has 0 amide bonds. The van der Waals surface area contributed by atoms with Crippen molar-refractivity contribution < 1.29 is 13.2 Å². The van der Waals surface area contributed by atoms with Gasteiger partial charge in [-0.05, 0) is 30.2 Å². The minimum absolute atomic E-state index is 0.365. The number of hydrogen-bond donors (Lipinski definition) is 0. The normalized spacial score (nSPS) is 14.8. The van der Waals surface area contributed by atoms with E-state index in [0.29, 0.717) is 24.2 Å². The smallest absolute Gasteiger partial charge is 0.362 e. The van der Waals surface area contributed by atoms with Crippen LogP contribution in [0.2, 0.25) is 0 Å². The van der Waals surface area contributed by atoms with Gasteiger partial charge < -0.3 is 4.90 Å². The molecule has 84 valence electrons. The highest BCUT2D eigenvalue weighted by Crippen LogP contribution is 2.31. The molecule has 0 spiro atoms. The Bertz CT molecular complexity index is 446. The lowest BCUT2D eigenvalue weighted by Crippen LogP contribution is -2.32. The SMILES string of the molecule is N#Cc1ccc2c(c1)CCN2CC(F)(F)F. The maximum absolute atomic E-state index is 12.3. The highest BCUT2D eigenvalue weighted by Gasteiger charge is 2.33. The van der Waals surface area contributed by atoms with Crippen LogP contribution in [0.15, 0.2) is 18.2 Å². The molecular weight excluding hydrogens is 217 g/mol. The van der Waals surface area contributed by atoms with Crippen LogP contribution in [0, 0.1) is 11.3 Å². The molecule has 0 bridgehead atoms. The van der Waals surface area contributed by atoms with E-state index in [2.05, 4.69) is 0 Å². The van der Waals surface area contributed by atoms with Gasteiger partial charge in [0.25, 0.3) is 0 Å². The summed E-state index contributed by atoms with van der Waals surface area (Å²) >= 11 is 0. The van der Waals surface area contributed by atoms with Gasteiger partial charge in [-0.2, -0.15) is 18.4 Å². The van der Waals surface area contributed by atoms with Crippen LogP contribution in [0.1, 0.15) is 11.1 Å². The van der Waals surface area contributed by atoms with E-state index in [4.69, 9.17) is 5.26 Å². The summed E-state index contributed by atoms with van der Waals surface area (Å²) in [4.78, 5) is 1.30. The van der Waals surface area contributed by atoms with E-state index in [1.165, 1.54) is 4.90 Å². The number of nitrogens with zero attached hydrogens (tertiary/aromatic N) is 2. The van der Waals surface area contributed by atoms with Gasteiger partial charge in [0, 0.05) is 12.2 Å². The Kier molecular flexibility index (Phi) is 2.50. The van der Waals surface area contributed by atoms with Gasteiger partial charge in [-0.3, -0.25) is 0 Å². The van der Waals surface area contributed by atoms with Crippen molar-refractivity contribution in [2.24, 2.45) is 0 Å². The van der Waals surface area contributed by atoms with Crippen LogP contribution in [-0.2, 0) is 6.42 Å². The standard InChI is InChI=1S/C11H9F3N2/c12-11(13,14)7-16-4-3-9-5-8(6-15)1-2-10(9)16/h1-2,5H,3-4,7H2. The Balaban J connectivity index is 2.25. The average molecular weight is 226 g/mol. The van der Waals surface area contributed by atoms with Crippen LogP contribution < -0.4 is 4.90 Å².